The van der Waals surface area contributed by atoms with Gasteiger partial charge in [0.2, 0.25) is 0 Å². The fraction of sp³-hybridized carbons (Fsp3) is 0.143. The maximum absolute atomic E-state index is 11.6. The van der Waals surface area contributed by atoms with Gasteiger partial charge in [-0.2, -0.15) is 5.10 Å². The van der Waals surface area contributed by atoms with Crippen LogP contribution >= 0.6 is 31.9 Å². The molecule has 6 nitrogen and oxygen atoms in total. The Labute approximate surface area is 143 Å². The van der Waals surface area contributed by atoms with Crippen LogP contribution in [0, 0.1) is 0 Å². The van der Waals surface area contributed by atoms with Crippen LogP contribution in [0.3, 0.4) is 0 Å². The predicted octanol–water partition coefficient (Wildman–Crippen LogP) is 3.34. The van der Waals surface area contributed by atoms with E-state index in [1.807, 2.05) is 0 Å². The number of nitrogens with zero attached hydrogens (tertiary/aromatic N) is 1. The highest BCUT2D eigenvalue weighted by molar-refractivity contribution is 9.13. The standard InChI is InChI=1S/C14H12Br2N2O4/c1-20-9-2-4-10(5-3-9)21-8-13(19)18-17-7-11-6-12(15)14(16)22-11/h2-7H,8H2,1H3,(H,18,19)/b17-7+. The molecule has 0 saturated heterocycles. The van der Waals surface area contributed by atoms with E-state index in [-0.39, 0.29) is 12.5 Å². The molecule has 1 aromatic carbocycles. The van der Waals surface area contributed by atoms with Crippen LogP contribution in [0.5, 0.6) is 11.5 Å². The van der Waals surface area contributed by atoms with Crippen LogP contribution in [-0.2, 0) is 4.79 Å². The minimum absolute atomic E-state index is 0.144. The summed E-state index contributed by atoms with van der Waals surface area (Å²) in [6.45, 7) is -0.144. The molecule has 116 valence electrons. The van der Waals surface area contributed by atoms with E-state index in [1.54, 1.807) is 37.4 Å². The van der Waals surface area contributed by atoms with Gasteiger partial charge in [0.15, 0.2) is 11.3 Å². The number of carbonyl (C=O) groups excluding carboxylic acids is 1. The highest BCUT2D eigenvalue weighted by Gasteiger charge is 2.04. The molecule has 22 heavy (non-hydrogen) atoms. The second-order valence-electron chi connectivity index (χ2n) is 4.03. The van der Waals surface area contributed by atoms with Gasteiger partial charge in [-0.1, -0.05) is 0 Å². The van der Waals surface area contributed by atoms with Crippen LogP contribution in [0.25, 0.3) is 0 Å². The van der Waals surface area contributed by atoms with Crippen LogP contribution in [0.4, 0.5) is 0 Å². The molecule has 0 aliphatic rings. The number of hydrazone groups is 1. The van der Waals surface area contributed by atoms with Gasteiger partial charge in [0.1, 0.15) is 17.3 Å². The first-order valence-electron chi connectivity index (χ1n) is 6.12. The summed E-state index contributed by atoms with van der Waals surface area (Å²) >= 11 is 6.49. The van der Waals surface area contributed by atoms with Gasteiger partial charge < -0.3 is 13.9 Å². The summed E-state index contributed by atoms with van der Waals surface area (Å²) < 4.78 is 16.9. The van der Waals surface area contributed by atoms with Crippen molar-refractivity contribution >= 4 is 44.0 Å². The summed E-state index contributed by atoms with van der Waals surface area (Å²) in [5.41, 5.74) is 2.34. The number of halogens is 2. The van der Waals surface area contributed by atoms with Gasteiger partial charge in [-0.3, -0.25) is 4.79 Å². The first kappa shape index (κ1) is 16.6. The maximum Gasteiger partial charge on any atom is 0.277 e. The Kier molecular flexibility index (Phi) is 6.02. The van der Waals surface area contributed by atoms with Crippen molar-refractivity contribution in [1.29, 1.82) is 0 Å². The Bertz CT molecular complexity index is 648. The van der Waals surface area contributed by atoms with Crippen molar-refractivity contribution in [1.82, 2.24) is 5.43 Å². The molecule has 1 aromatic heterocycles. The van der Waals surface area contributed by atoms with Crippen molar-refractivity contribution in [3.05, 3.63) is 45.2 Å². The summed E-state index contributed by atoms with van der Waals surface area (Å²) in [5.74, 6) is 1.41. The minimum atomic E-state index is -0.378. The Morgan fingerprint density at radius 3 is 2.59 bits per heavy atom. The highest BCUT2D eigenvalue weighted by atomic mass is 79.9. The largest absolute Gasteiger partial charge is 0.497 e. The third-order valence-electron chi connectivity index (χ3n) is 2.47. The zero-order valence-electron chi connectivity index (χ0n) is 11.5. The number of hydrogen-bond acceptors (Lipinski definition) is 5. The lowest BCUT2D eigenvalue weighted by Crippen LogP contribution is -2.24. The van der Waals surface area contributed by atoms with E-state index in [0.29, 0.717) is 16.2 Å². The van der Waals surface area contributed by atoms with Crippen molar-refractivity contribution < 1.29 is 18.7 Å². The molecule has 0 radical (unpaired) electrons. The molecule has 0 spiro atoms. The first-order valence-corrected chi connectivity index (χ1v) is 7.70. The second kappa shape index (κ2) is 8.00. The van der Waals surface area contributed by atoms with E-state index < -0.39 is 0 Å². The van der Waals surface area contributed by atoms with Crippen LogP contribution in [0.2, 0.25) is 0 Å². The third kappa shape index (κ3) is 4.88. The molecule has 8 heteroatoms. The van der Waals surface area contributed by atoms with Gasteiger partial charge in [-0.15, -0.1) is 0 Å². The fourth-order valence-corrected chi connectivity index (χ4v) is 2.06. The first-order chi connectivity index (χ1) is 10.6. The van der Waals surface area contributed by atoms with E-state index in [1.165, 1.54) is 6.21 Å². The Morgan fingerprint density at radius 2 is 2.00 bits per heavy atom. The van der Waals surface area contributed by atoms with E-state index in [2.05, 4.69) is 42.4 Å². The van der Waals surface area contributed by atoms with E-state index in [0.717, 1.165) is 10.2 Å². The minimum Gasteiger partial charge on any atom is -0.497 e. The predicted molar refractivity (Wildman–Crippen MR) is 88.3 cm³/mol. The van der Waals surface area contributed by atoms with E-state index in [4.69, 9.17) is 13.9 Å². The number of rotatable bonds is 6. The molecule has 2 rings (SSSR count). The highest BCUT2D eigenvalue weighted by Crippen LogP contribution is 2.25. The van der Waals surface area contributed by atoms with E-state index >= 15 is 0 Å². The molecule has 0 fully saturated rings. The van der Waals surface area contributed by atoms with Gasteiger partial charge in [-0.25, -0.2) is 5.43 Å². The Balaban J connectivity index is 1.77. The molecule has 0 bridgehead atoms. The molecule has 1 N–H and O–H groups in total. The van der Waals surface area contributed by atoms with Crippen LogP contribution in [0.1, 0.15) is 5.76 Å². The lowest BCUT2D eigenvalue weighted by molar-refractivity contribution is -0.123. The smallest absolute Gasteiger partial charge is 0.277 e. The molecular weight excluding hydrogens is 420 g/mol. The average molecular weight is 432 g/mol. The number of hydrogen-bond donors (Lipinski definition) is 1. The van der Waals surface area contributed by atoms with Gasteiger partial charge in [-0.05, 0) is 56.1 Å². The number of carbonyl (C=O) groups is 1. The molecular formula is C14H12Br2N2O4. The topological polar surface area (TPSA) is 73.1 Å². The fourth-order valence-electron chi connectivity index (χ4n) is 1.45. The van der Waals surface area contributed by atoms with Gasteiger partial charge in [0, 0.05) is 6.07 Å². The SMILES string of the molecule is COc1ccc(OCC(=O)N/N=C/c2cc(Br)c(Br)o2)cc1. The molecule has 2 aromatic rings. The normalized spacial score (nSPS) is 10.7. The van der Waals surface area contributed by atoms with Crippen molar-refractivity contribution in [2.45, 2.75) is 0 Å². The maximum atomic E-state index is 11.6. The van der Waals surface area contributed by atoms with Crippen LogP contribution in [-0.4, -0.2) is 25.8 Å². The van der Waals surface area contributed by atoms with Crippen molar-refractivity contribution in [2.24, 2.45) is 5.10 Å². The summed E-state index contributed by atoms with van der Waals surface area (Å²) in [6, 6.07) is 8.64. The number of methoxy groups -OCH3 is 1. The zero-order chi connectivity index (χ0) is 15.9. The molecule has 1 amide bonds. The lowest BCUT2D eigenvalue weighted by Gasteiger charge is -2.05. The monoisotopic (exact) mass is 430 g/mol. The summed E-state index contributed by atoms with van der Waals surface area (Å²) in [4.78, 5) is 11.6. The van der Waals surface area contributed by atoms with Gasteiger partial charge in [0.05, 0.1) is 17.8 Å². The van der Waals surface area contributed by atoms with Crippen LogP contribution in [0.15, 0.2) is 49.0 Å². The quantitative estimate of drug-likeness (QED) is 0.562. The molecule has 0 aliphatic heterocycles. The van der Waals surface area contributed by atoms with Gasteiger partial charge in [0.25, 0.3) is 5.91 Å². The summed E-state index contributed by atoms with van der Waals surface area (Å²) in [7, 11) is 1.58. The van der Waals surface area contributed by atoms with Crippen molar-refractivity contribution in [3.63, 3.8) is 0 Å². The molecule has 0 aliphatic carbocycles. The Hall–Kier alpha value is -1.80. The zero-order valence-corrected chi connectivity index (χ0v) is 14.7. The molecule has 0 unspecified atom stereocenters. The number of benzene rings is 1. The molecule has 0 saturated carbocycles. The van der Waals surface area contributed by atoms with E-state index in [9.17, 15) is 4.79 Å². The van der Waals surface area contributed by atoms with Gasteiger partial charge >= 0.3 is 0 Å². The average Bonchev–Trinajstić information content (AvgIpc) is 2.84. The number of ether oxygens (including phenoxy) is 2. The summed E-state index contributed by atoms with van der Waals surface area (Å²) in [5, 5.41) is 3.78. The van der Waals surface area contributed by atoms with Crippen molar-refractivity contribution in [3.8, 4) is 11.5 Å². The Morgan fingerprint density at radius 1 is 1.32 bits per heavy atom. The third-order valence-corrected chi connectivity index (χ3v) is 4.18. The number of furan rings is 1. The van der Waals surface area contributed by atoms with Crippen molar-refractivity contribution in [2.75, 3.05) is 13.7 Å². The lowest BCUT2D eigenvalue weighted by atomic mass is 10.3. The number of amides is 1. The molecule has 0 atom stereocenters. The van der Waals surface area contributed by atoms with Crippen LogP contribution < -0.4 is 14.9 Å². The summed E-state index contributed by atoms with van der Waals surface area (Å²) in [6.07, 6.45) is 1.39. The second-order valence-corrected chi connectivity index (χ2v) is 5.60. The number of nitrogens with one attached hydrogen (secondary N) is 1. The molecule has 1 heterocycles.